The van der Waals surface area contributed by atoms with Crippen molar-refractivity contribution in [1.82, 2.24) is 10.2 Å². The fourth-order valence-electron chi connectivity index (χ4n) is 2.03. The highest BCUT2D eigenvalue weighted by Crippen LogP contribution is 2.27. The number of amides is 2. The van der Waals surface area contributed by atoms with Crippen LogP contribution in [0.4, 0.5) is 0 Å². The lowest BCUT2D eigenvalue weighted by Crippen LogP contribution is -2.58. The first-order valence-electron chi connectivity index (χ1n) is 5.77. The predicted molar refractivity (Wildman–Crippen MR) is 76.0 cm³/mol. The Labute approximate surface area is 124 Å². The molecule has 2 amide bonds. The number of nitrogens with one attached hydrogen (secondary N) is 1. The quantitative estimate of drug-likeness (QED) is 0.839. The maximum Gasteiger partial charge on any atom is 0.256 e. The van der Waals surface area contributed by atoms with Gasteiger partial charge in [0.05, 0.1) is 10.6 Å². The Balaban J connectivity index is 2.31. The van der Waals surface area contributed by atoms with Crippen molar-refractivity contribution >= 4 is 39.3 Å². The smallest absolute Gasteiger partial charge is 0.256 e. The SMILES string of the molecule is NC(=O)C1CNCCN1C(=O)c1cccc(Br)c1Cl. The van der Waals surface area contributed by atoms with Gasteiger partial charge < -0.3 is 16.0 Å². The van der Waals surface area contributed by atoms with Crippen LogP contribution < -0.4 is 11.1 Å². The van der Waals surface area contributed by atoms with Gasteiger partial charge in [-0.25, -0.2) is 0 Å². The van der Waals surface area contributed by atoms with E-state index in [0.29, 0.717) is 34.7 Å². The maximum atomic E-state index is 12.5. The van der Waals surface area contributed by atoms with Crippen LogP contribution in [0, 0.1) is 0 Å². The van der Waals surface area contributed by atoms with E-state index in [1.165, 1.54) is 4.90 Å². The van der Waals surface area contributed by atoms with Gasteiger partial charge in [0, 0.05) is 24.1 Å². The van der Waals surface area contributed by atoms with E-state index in [0.717, 1.165) is 0 Å². The Kier molecular flexibility index (Phi) is 4.44. The standard InChI is InChI=1S/C12H13BrClN3O2/c13-8-3-1-2-7(10(8)14)12(19)17-5-4-16-6-9(17)11(15)18/h1-3,9,16H,4-6H2,(H2,15,18). The molecular formula is C12H13BrClN3O2. The molecule has 19 heavy (non-hydrogen) atoms. The third-order valence-electron chi connectivity index (χ3n) is 3.01. The number of benzene rings is 1. The lowest BCUT2D eigenvalue weighted by molar-refractivity contribution is -0.122. The summed E-state index contributed by atoms with van der Waals surface area (Å²) < 4.78 is 0.644. The van der Waals surface area contributed by atoms with E-state index in [1.54, 1.807) is 18.2 Å². The van der Waals surface area contributed by atoms with Gasteiger partial charge in [0.1, 0.15) is 6.04 Å². The zero-order valence-electron chi connectivity index (χ0n) is 10.0. The molecule has 1 aliphatic heterocycles. The fraction of sp³-hybridized carbons (Fsp3) is 0.333. The number of halogens is 2. The van der Waals surface area contributed by atoms with Crippen molar-refractivity contribution in [2.75, 3.05) is 19.6 Å². The first-order valence-corrected chi connectivity index (χ1v) is 6.94. The Morgan fingerprint density at radius 3 is 2.89 bits per heavy atom. The average Bonchev–Trinajstić information content (AvgIpc) is 2.41. The number of carbonyl (C=O) groups excluding carboxylic acids is 2. The number of hydrogen-bond acceptors (Lipinski definition) is 3. The Morgan fingerprint density at radius 1 is 1.47 bits per heavy atom. The fourth-order valence-corrected chi connectivity index (χ4v) is 2.60. The molecule has 1 atom stereocenters. The van der Waals surface area contributed by atoms with Gasteiger partial charge in [0.15, 0.2) is 0 Å². The molecule has 0 aromatic heterocycles. The highest BCUT2D eigenvalue weighted by Gasteiger charge is 2.32. The zero-order chi connectivity index (χ0) is 14.0. The predicted octanol–water partition coefficient (Wildman–Crippen LogP) is 1.00. The molecule has 0 spiro atoms. The maximum absolute atomic E-state index is 12.5. The largest absolute Gasteiger partial charge is 0.368 e. The molecule has 1 aliphatic rings. The van der Waals surface area contributed by atoms with Crippen molar-refractivity contribution in [2.45, 2.75) is 6.04 Å². The highest BCUT2D eigenvalue weighted by molar-refractivity contribution is 9.10. The van der Waals surface area contributed by atoms with E-state index < -0.39 is 11.9 Å². The molecular weight excluding hydrogens is 334 g/mol. The van der Waals surface area contributed by atoms with E-state index in [1.807, 2.05) is 0 Å². The van der Waals surface area contributed by atoms with Crippen LogP contribution >= 0.6 is 27.5 Å². The first kappa shape index (κ1) is 14.3. The number of primary amides is 1. The van der Waals surface area contributed by atoms with Gasteiger partial charge in [-0.1, -0.05) is 17.7 Å². The zero-order valence-corrected chi connectivity index (χ0v) is 12.4. The molecule has 0 saturated carbocycles. The lowest BCUT2D eigenvalue weighted by Gasteiger charge is -2.34. The normalized spacial score (nSPS) is 19.3. The van der Waals surface area contributed by atoms with Crippen LogP contribution in [0.1, 0.15) is 10.4 Å². The topological polar surface area (TPSA) is 75.4 Å². The van der Waals surface area contributed by atoms with Crippen LogP contribution in [-0.4, -0.2) is 42.4 Å². The number of nitrogens with zero attached hydrogens (tertiary/aromatic N) is 1. The summed E-state index contributed by atoms with van der Waals surface area (Å²) in [6, 6.07) is 4.47. The van der Waals surface area contributed by atoms with Gasteiger partial charge in [0.2, 0.25) is 5.91 Å². The molecule has 1 fully saturated rings. The second kappa shape index (κ2) is 5.90. The summed E-state index contributed by atoms with van der Waals surface area (Å²) in [5.41, 5.74) is 5.69. The summed E-state index contributed by atoms with van der Waals surface area (Å²) in [5.74, 6) is -0.803. The molecule has 0 aliphatic carbocycles. The average molecular weight is 347 g/mol. The number of rotatable bonds is 2. The summed E-state index contributed by atoms with van der Waals surface area (Å²) in [6.07, 6.45) is 0. The minimum atomic E-state index is -0.642. The summed E-state index contributed by atoms with van der Waals surface area (Å²) in [6.45, 7) is 1.42. The van der Waals surface area contributed by atoms with E-state index in [4.69, 9.17) is 17.3 Å². The van der Waals surface area contributed by atoms with Gasteiger partial charge in [-0.2, -0.15) is 0 Å². The van der Waals surface area contributed by atoms with Crippen LogP contribution in [0.15, 0.2) is 22.7 Å². The molecule has 7 heteroatoms. The Bertz CT molecular complexity index is 524. The molecule has 5 nitrogen and oxygen atoms in total. The van der Waals surface area contributed by atoms with E-state index in [9.17, 15) is 9.59 Å². The van der Waals surface area contributed by atoms with Crippen molar-refractivity contribution in [3.05, 3.63) is 33.3 Å². The van der Waals surface area contributed by atoms with Gasteiger partial charge in [0.25, 0.3) is 5.91 Å². The number of carbonyl (C=O) groups is 2. The summed E-state index contributed by atoms with van der Waals surface area (Å²) >= 11 is 9.38. The third kappa shape index (κ3) is 2.91. The van der Waals surface area contributed by atoms with Crippen molar-refractivity contribution in [2.24, 2.45) is 5.73 Å². The lowest BCUT2D eigenvalue weighted by atomic mass is 10.1. The molecule has 1 aromatic rings. The van der Waals surface area contributed by atoms with Crippen molar-refractivity contribution < 1.29 is 9.59 Å². The second-order valence-corrected chi connectivity index (χ2v) is 5.45. The van der Waals surface area contributed by atoms with Gasteiger partial charge in [-0.15, -0.1) is 0 Å². The second-order valence-electron chi connectivity index (χ2n) is 4.22. The molecule has 0 bridgehead atoms. The summed E-state index contributed by atoms with van der Waals surface area (Å²) in [4.78, 5) is 25.3. The Morgan fingerprint density at radius 2 is 2.21 bits per heavy atom. The monoisotopic (exact) mass is 345 g/mol. The van der Waals surface area contributed by atoms with Crippen LogP contribution in [0.25, 0.3) is 0 Å². The summed E-state index contributed by atoms with van der Waals surface area (Å²) in [5, 5.41) is 3.38. The number of hydrogen-bond donors (Lipinski definition) is 2. The first-order chi connectivity index (χ1) is 9.02. The van der Waals surface area contributed by atoms with Gasteiger partial charge in [-0.05, 0) is 28.1 Å². The van der Waals surface area contributed by atoms with Crippen molar-refractivity contribution in [1.29, 1.82) is 0 Å². The molecule has 102 valence electrons. The molecule has 1 saturated heterocycles. The van der Waals surface area contributed by atoms with E-state index in [2.05, 4.69) is 21.2 Å². The highest BCUT2D eigenvalue weighted by atomic mass is 79.9. The number of nitrogens with two attached hydrogens (primary N) is 1. The molecule has 1 heterocycles. The third-order valence-corrected chi connectivity index (χ3v) is 4.31. The molecule has 3 N–H and O–H groups in total. The van der Waals surface area contributed by atoms with Gasteiger partial charge >= 0.3 is 0 Å². The minimum absolute atomic E-state index is 0.281. The molecule has 0 radical (unpaired) electrons. The van der Waals surface area contributed by atoms with E-state index >= 15 is 0 Å². The molecule has 1 aromatic carbocycles. The van der Waals surface area contributed by atoms with Crippen molar-refractivity contribution in [3.8, 4) is 0 Å². The minimum Gasteiger partial charge on any atom is -0.368 e. The molecule has 1 unspecified atom stereocenters. The van der Waals surface area contributed by atoms with E-state index in [-0.39, 0.29) is 5.91 Å². The van der Waals surface area contributed by atoms with Crippen LogP contribution in [-0.2, 0) is 4.79 Å². The number of piperazine rings is 1. The van der Waals surface area contributed by atoms with Crippen LogP contribution in [0.5, 0.6) is 0 Å². The molecule has 2 rings (SSSR count). The van der Waals surface area contributed by atoms with Crippen LogP contribution in [0.2, 0.25) is 5.02 Å². The Hall–Kier alpha value is -1.11. The summed E-state index contributed by atoms with van der Waals surface area (Å²) in [7, 11) is 0. The van der Waals surface area contributed by atoms with Crippen molar-refractivity contribution in [3.63, 3.8) is 0 Å². The van der Waals surface area contributed by atoms with Gasteiger partial charge in [-0.3, -0.25) is 9.59 Å². The van der Waals surface area contributed by atoms with Crippen LogP contribution in [0.3, 0.4) is 0 Å².